The quantitative estimate of drug-likeness (QED) is 0.363. The predicted octanol–water partition coefficient (Wildman–Crippen LogP) is 6.43. The Morgan fingerprint density at radius 3 is 2.19 bits per heavy atom. The minimum absolute atomic E-state index is 0.214. The molecule has 0 atom stereocenters. The first-order chi connectivity index (χ1) is 14.7. The van der Waals surface area contributed by atoms with Crippen molar-refractivity contribution in [3.05, 3.63) is 52.5 Å². The van der Waals surface area contributed by atoms with Gasteiger partial charge in [0.15, 0.2) is 5.11 Å². The van der Waals surface area contributed by atoms with Gasteiger partial charge in [0.1, 0.15) is 11.5 Å². The number of thiocarbonyl (C=S) groups is 1. The van der Waals surface area contributed by atoms with Crippen LogP contribution in [0, 0.1) is 11.8 Å². The molecule has 0 aliphatic heterocycles. The Morgan fingerprint density at radius 1 is 0.968 bits per heavy atom. The fourth-order valence-corrected chi connectivity index (χ4v) is 3.16. The van der Waals surface area contributed by atoms with Crippen LogP contribution in [0.5, 0.6) is 11.5 Å². The summed E-state index contributed by atoms with van der Waals surface area (Å²) in [6, 6.07) is 12.8. The number of ether oxygens (including phenoxy) is 2. The molecular formula is C24H31BrN2O3S. The van der Waals surface area contributed by atoms with Crippen molar-refractivity contribution in [2.75, 3.05) is 18.5 Å². The van der Waals surface area contributed by atoms with Gasteiger partial charge in [-0.05, 0) is 79.4 Å². The van der Waals surface area contributed by atoms with E-state index in [1.807, 2.05) is 30.3 Å². The zero-order chi connectivity index (χ0) is 22.8. The highest BCUT2D eigenvalue weighted by Crippen LogP contribution is 2.24. The fourth-order valence-electron chi connectivity index (χ4n) is 2.59. The molecule has 0 aromatic heterocycles. The lowest BCUT2D eigenvalue weighted by molar-refractivity contribution is 0.0973. The van der Waals surface area contributed by atoms with E-state index in [1.54, 1.807) is 12.1 Å². The minimum Gasteiger partial charge on any atom is -0.494 e. The lowest BCUT2D eigenvalue weighted by Gasteiger charge is -2.14. The molecule has 7 heteroatoms. The molecule has 2 N–H and O–H groups in total. The number of hydrogen-bond acceptors (Lipinski definition) is 4. The number of benzene rings is 2. The van der Waals surface area contributed by atoms with E-state index in [0.29, 0.717) is 36.4 Å². The third kappa shape index (κ3) is 9.27. The van der Waals surface area contributed by atoms with Gasteiger partial charge in [-0.1, -0.05) is 43.6 Å². The second-order valence-electron chi connectivity index (χ2n) is 8.14. The molecule has 0 fully saturated rings. The zero-order valence-corrected chi connectivity index (χ0v) is 20.9. The molecule has 168 valence electrons. The van der Waals surface area contributed by atoms with Gasteiger partial charge in [-0.25, -0.2) is 0 Å². The van der Waals surface area contributed by atoms with Gasteiger partial charge < -0.3 is 14.8 Å². The van der Waals surface area contributed by atoms with Crippen LogP contribution in [0.3, 0.4) is 0 Å². The Kier molecular flexibility index (Phi) is 10.3. The molecule has 0 spiro atoms. The highest BCUT2D eigenvalue weighted by molar-refractivity contribution is 9.10. The van der Waals surface area contributed by atoms with Crippen LogP contribution in [0.1, 0.15) is 50.9 Å². The van der Waals surface area contributed by atoms with E-state index >= 15 is 0 Å². The summed E-state index contributed by atoms with van der Waals surface area (Å²) in [5.74, 6) is 2.14. The summed E-state index contributed by atoms with van der Waals surface area (Å²) in [5, 5.41) is 5.96. The standard InChI is InChI=1S/C24H31BrN2O3S/c1-16(2)11-13-29-20-8-6-19(7-9-20)26-24(31)27-23(28)21-15-18(25)5-10-22(21)30-14-12-17(3)4/h5-10,15-17H,11-14H2,1-4H3,(H2,26,27,28,31). The van der Waals surface area contributed by atoms with Crippen LogP contribution >= 0.6 is 28.1 Å². The van der Waals surface area contributed by atoms with Gasteiger partial charge in [0.25, 0.3) is 5.91 Å². The number of amides is 1. The number of halogens is 1. The van der Waals surface area contributed by atoms with Gasteiger partial charge in [0, 0.05) is 10.2 Å². The molecule has 0 unspecified atom stereocenters. The van der Waals surface area contributed by atoms with E-state index in [2.05, 4.69) is 54.3 Å². The minimum atomic E-state index is -0.327. The van der Waals surface area contributed by atoms with E-state index in [-0.39, 0.29) is 11.0 Å². The molecule has 31 heavy (non-hydrogen) atoms. The highest BCUT2D eigenvalue weighted by atomic mass is 79.9. The molecule has 0 heterocycles. The first-order valence-electron chi connectivity index (χ1n) is 10.5. The molecule has 0 bridgehead atoms. The average Bonchev–Trinajstić information content (AvgIpc) is 2.69. The van der Waals surface area contributed by atoms with Crippen LogP contribution in [0.4, 0.5) is 5.69 Å². The maximum atomic E-state index is 12.8. The van der Waals surface area contributed by atoms with Crippen LogP contribution in [-0.4, -0.2) is 24.2 Å². The Balaban J connectivity index is 1.93. The van der Waals surface area contributed by atoms with Crippen LogP contribution in [0.15, 0.2) is 46.9 Å². The van der Waals surface area contributed by atoms with Crippen molar-refractivity contribution < 1.29 is 14.3 Å². The molecule has 1 amide bonds. The highest BCUT2D eigenvalue weighted by Gasteiger charge is 2.15. The molecule has 0 aliphatic carbocycles. The molecule has 0 saturated heterocycles. The van der Waals surface area contributed by atoms with E-state index in [0.717, 1.165) is 28.8 Å². The number of carbonyl (C=O) groups excluding carboxylic acids is 1. The number of nitrogens with one attached hydrogen (secondary N) is 2. The van der Waals surface area contributed by atoms with Gasteiger partial charge >= 0.3 is 0 Å². The van der Waals surface area contributed by atoms with Gasteiger partial charge in [-0.15, -0.1) is 0 Å². The Morgan fingerprint density at radius 2 is 1.58 bits per heavy atom. The lowest BCUT2D eigenvalue weighted by Crippen LogP contribution is -2.34. The van der Waals surface area contributed by atoms with Crippen molar-refractivity contribution in [1.29, 1.82) is 0 Å². The number of carbonyl (C=O) groups is 1. The first-order valence-corrected chi connectivity index (χ1v) is 11.7. The van der Waals surface area contributed by atoms with E-state index in [9.17, 15) is 4.79 Å². The van der Waals surface area contributed by atoms with Gasteiger partial charge in [-0.2, -0.15) is 0 Å². The second kappa shape index (κ2) is 12.7. The fraction of sp³-hybridized carbons (Fsp3) is 0.417. The number of rotatable bonds is 10. The molecule has 2 aromatic carbocycles. The van der Waals surface area contributed by atoms with Crippen molar-refractivity contribution in [1.82, 2.24) is 5.32 Å². The SMILES string of the molecule is CC(C)CCOc1ccc(NC(=S)NC(=O)c2cc(Br)ccc2OCCC(C)C)cc1. The third-order valence-corrected chi connectivity index (χ3v) is 5.14. The molecule has 2 aromatic rings. The Hall–Kier alpha value is -2.12. The summed E-state index contributed by atoms with van der Waals surface area (Å²) >= 11 is 8.73. The average molecular weight is 507 g/mol. The van der Waals surface area contributed by atoms with Gasteiger partial charge in [0.05, 0.1) is 18.8 Å². The monoisotopic (exact) mass is 506 g/mol. The van der Waals surface area contributed by atoms with Crippen molar-refractivity contribution in [3.8, 4) is 11.5 Å². The van der Waals surface area contributed by atoms with Crippen molar-refractivity contribution >= 4 is 44.9 Å². The number of anilines is 1. The summed E-state index contributed by atoms with van der Waals surface area (Å²) in [6.45, 7) is 9.84. The molecule has 5 nitrogen and oxygen atoms in total. The molecule has 0 saturated carbocycles. The van der Waals surface area contributed by atoms with Crippen LogP contribution in [-0.2, 0) is 0 Å². The largest absolute Gasteiger partial charge is 0.494 e. The Bertz CT molecular complexity index is 870. The molecule has 2 rings (SSSR count). The summed E-state index contributed by atoms with van der Waals surface area (Å²) in [7, 11) is 0. The van der Waals surface area contributed by atoms with Crippen LogP contribution < -0.4 is 20.1 Å². The summed E-state index contributed by atoms with van der Waals surface area (Å²) in [4.78, 5) is 12.8. The smallest absolute Gasteiger partial charge is 0.261 e. The van der Waals surface area contributed by atoms with E-state index in [1.165, 1.54) is 0 Å². The van der Waals surface area contributed by atoms with Crippen LogP contribution in [0.25, 0.3) is 0 Å². The normalized spacial score (nSPS) is 10.8. The first kappa shape index (κ1) is 25.1. The third-order valence-electron chi connectivity index (χ3n) is 4.44. The summed E-state index contributed by atoms with van der Waals surface area (Å²) in [6.07, 6.45) is 1.92. The van der Waals surface area contributed by atoms with Crippen molar-refractivity contribution in [2.24, 2.45) is 11.8 Å². The van der Waals surface area contributed by atoms with E-state index in [4.69, 9.17) is 21.7 Å². The van der Waals surface area contributed by atoms with Gasteiger partial charge in [-0.3, -0.25) is 10.1 Å². The molecule has 0 radical (unpaired) electrons. The Labute approximate surface area is 199 Å². The maximum Gasteiger partial charge on any atom is 0.261 e. The summed E-state index contributed by atoms with van der Waals surface area (Å²) < 4.78 is 12.3. The van der Waals surface area contributed by atoms with Crippen molar-refractivity contribution in [2.45, 2.75) is 40.5 Å². The maximum absolute atomic E-state index is 12.8. The predicted molar refractivity (Wildman–Crippen MR) is 134 cm³/mol. The van der Waals surface area contributed by atoms with Crippen LogP contribution in [0.2, 0.25) is 0 Å². The molecule has 0 aliphatic rings. The lowest BCUT2D eigenvalue weighted by atomic mass is 10.1. The topological polar surface area (TPSA) is 59.6 Å². The second-order valence-corrected chi connectivity index (χ2v) is 9.46. The molecular weight excluding hydrogens is 476 g/mol. The van der Waals surface area contributed by atoms with E-state index < -0.39 is 0 Å². The van der Waals surface area contributed by atoms with Gasteiger partial charge in [0.2, 0.25) is 0 Å². The van der Waals surface area contributed by atoms with Crippen molar-refractivity contribution in [3.63, 3.8) is 0 Å². The number of hydrogen-bond donors (Lipinski definition) is 2. The zero-order valence-electron chi connectivity index (χ0n) is 18.5. The summed E-state index contributed by atoms with van der Waals surface area (Å²) in [5.41, 5.74) is 1.19.